The van der Waals surface area contributed by atoms with Crippen molar-refractivity contribution >= 4 is 28.7 Å². The van der Waals surface area contributed by atoms with Crippen LogP contribution in [0.15, 0.2) is 59.8 Å². The maximum absolute atomic E-state index is 12.0. The Morgan fingerprint density at radius 3 is 2.62 bits per heavy atom. The van der Waals surface area contributed by atoms with E-state index in [0.29, 0.717) is 13.2 Å². The topological polar surface area (TPSA) is 70.1 Å². The van der Waals surface area contributed by atoms with Gasteiger partial charge in [-0.25, -0.2) is 4.98 Å². The Kier molecular flexibility index (Phi) is 5.17. The number of primary amides is 1. The number of para-hydroxylation sites is 2. The Hall–Kier alpha value is -2.31. The highest BCUT2D eigenvalue weighted by Crippen LogP contribution is 2.36. The zero-order valence-electron chi connectivity index (χ0n) is 13.4. The standard InChI is InChI=1S/C18H19N3O2S/c1-23-12-11-21-15-10-6-5-9-14(15)20-18(21)24-16(17(19)22)13-7-3-2-4-8-13/h2-10,16H,11-12H2,1H3,(H2,19,22). The Morgan fingerprint density at radius 2 is 1.92 bits per heavy atom. The molecule has 1 atom stereocenters. The summed E-state index contributed by atoms with van der Waals surface area (Å²) in [5.74, 6) is -0.378. The average molecular weight is 341 g/mol. The minimum absolute atomic E-state index is 0.378. The minimum atomic E-state index is -0.482. The summed E-state index contributed by atoms with van der Waals surface area (Å²) in [6, 6.07) is 17.4. The highest BCUT2D eigenvalue weighted by molar-refractivity contribution is 8.00. The van der Waals surface area contributed by atoms with E-state index in [1.165, 1.54) is 11.8 Å². The molecule has 0 aliphatic heterocycles. The Morgan fingerprint density at radius 1 is 1.21 bits per heavy atom. The van der Waals surface area contributed by atoms with Crippen molar-refractivity contribution < 1.29 is 9.53 Å². The van der Waals surface area contributed by atoms with Gasteiger partial charge in [-0.05, 0) is 17.7 Å². The third-order valence-corrected chi connectivity index (χ3v) is 4.99. The van der Waals surface area contributed by atoms with Crippen molar-refractivity contribution in [1.29, 1.82) is 0 Å². The van der Waals surface area contributed by atoms with Crippen LogP contribution < -0.4 is 5.73 Å². The largest absolute Gasteiger partial charge is 0.383 e. The minimum Gasteiger partial charge on any atom is -0.383 e. The first-order valence-corrected chi connectivity index (χ1v) is 8.54. The molecule has 3 rings (SSSR count). The van der Waals surface area contributed by atoms with Crippen LogP contribution in [-0.4, -0.2) is 29.2 Å². The molecule has 0 aliphatic rings. The molecular weight excluding hydrogens is 322 g/mol. The number of benzene rings is 2. The molecule has 24 heavy (non-hydrogen) atoms. The van der Waals surface area contributed by atoms with E-state index in [0.717, 1.165) is 21.8 Å². The summed E-state index contributed by atoms with van der Waals surface area (Å²) in [5, 5.41) is 0.283. The van der Waals surface area contributed by atoms with Crippen LogP contribution >= 0.6 is 11.8 Å². The third kappa shape index (κ3) is 3.44. The van der Waals surface area contributed by atoms with Gasteiger partial charge in [-0.1, -0.05) is 54.2 Å². The summed E-state index contributed by atoms with van der Waals surface area (Å²) in [5.41, 5.74) is 8.43. The van der Waals surface area contributed by atoms with Gasteiger partial charge in [0.25, 0.3) is 0 Å². The Labute approximate surface area is 144 Å². The van der Waals surface area contributed by atoms with Gasteiger partial charge in [0.05, 0.1) is 17.6 Å². The lowest BCUT2D eigenvalue weighted by atomic mass is 10.1. The summed E-state index contributed by atoms with van der Waals surface area (Å²) in [6.45, 7) is 1.24. The molecule has 1 heterocycles. The number of carbonyl (C=O) groups excluding carboxylic acids is 1. The van der Waals surface area contributed by atoms with Crippen LogP contribution in [0.2, 0.25) is 0 Å². The number of rotatable bonds is 7. The molecule has 3 aromatic rings. The molecule has 0 spiro atoms. The second-order valence-corrected chi connectivity index (χ2v) is 6.41. The highest BCUT2D eigenvalue weighted by atomic mass is 32.2. The van der Waals surface area contributed by atoms with E-state index < -0.39 is 5.25 Å². The zero-order chi connectivity index (χ0) is 16.9. The van der Waals surface area contributed by atoms with Gasteiger partial charge in [0.15, 0.2) is 5.16 Å². The number of amides is 1. The van der Waals surface area contributed by atoms with Gasteiger partial charge in [-0.2, -0.15) is 0 Å². The highest BCUT2D eigenvalue weighted by Gasteiger charge is 2.23. The van der Waals surface area contributed by atoms with Crippen molar-refractivity contribution in [3.63, 3.8) is 0 Å². The van der Waals surface area contributed by atoms with Crippen LogP contribution in [0.25, 0.3) is 11.0 Å². The first-order valence-electron chi connectivity index (χ1n) is 7.66. The summed E-state index contributed by atoms with van der Waals surface area (Å²) >= 11 is 1.37. The van der Waals surface area contributed by atoms with Crippen LogP contribution in [-0.2, 0) is 16.1 Å². The lowest BCUT2D eigenvalue weighted by Crippen LogP contribution is -2.19. The Bertz CT molecular complexity index is 833. The number of nitrogens with two attached hydrogens (primary N) is 1. The molecule has 0 aliphatic carbocycles. The molecule has 1 unspecified atom stereocenters. The van der Waals surface area contributed by atoms with Crippen molar-refractivity contribution in [1.82, 2.24) is 9.55 Å². The maximum Gasteiger partial charge on any atom is 0.235 e. The number of thioether (sulfide) groups is 1. The molecule has 0 radical (unpaired) electrons. The average Bonchev–Trinajstić information content (AvgIpc) is 2.95. The Balaban J connectivity index is 1.99. The lowest BCUT2D eigenvalue weighted by Gasteiger charge is -2.14. The van der Waals surface area contributed by atoms with Gasteiger partial charge in [-0.15, -0.1) is 0 Å². The van der Waals surface area contributed by atoms with Gasteiger partial charge in [0.2, 0.25) is 5.91 Å². The molecule has 2 aromatic carbocycles. The van der Waals surface area contributed by atoms with Crippen LogP contribution in [0, 0.1) is 0 Å². The summed E-state index contributed by atoms with van der Waals surface area (Å²) in [4.78, 5) is 16.7. The smallest absolute Gasteiger partial charge is 0.235 e. The van der Waals surface area contributed by atoms with E-state index in [2.05, 4.69) is 9.55 Å². The number of aromatic nitrogens is 2. The monoisotopic (exact) mass is 341 g/mol. The normalized spacial score (nSPS) is 12.4. The van der Waals surface area contributed by atoms with E-state index >= 15 is 0 Å². The molecule has 1 amide bonds. The van der Waals surface area contributed by atoms with Crippen molar-refractivity contribution in [2.24, 2.45) is 5.73 Å². The molecule has 1 aromatic heterocycles. The van der Waals surface area contributed by atoms with Crippen LogP contribution in [0.5, 0.6) is 0 Å². The van der Waals surface area contributed by atoms with E-state index in [-0.39, 0.29) is 5.91 Å². The van der Waals surface area contributed by atoms with Gasteiger partial charge < -0.3 is 15.0 Å². The van der Waals surface area contributed by atoms with Gasteiger partial charge in [0, 0.05) is 13.7 Å². The molecular formula is C18H19N3O2S. The quantitative estimate of drug-likeness (QED) is 0.671. The van der Waals surface area contributed by atoms with Crippen molar-refractivity contribution in [3.05, 3.63) is 60.2 Å². The number of hydrogen-bond acceptors (Lipinski definition) is 4. The summed E-state index contributed by atoms with van der Waals surface area (Å²) < 4.78 is 7.28. The van der Waals surface area contributed by atoms with Crippen LogP contribution in [0.3, 0.4) is 0 Å². The molecule has 0 fully saturated rings. The number of fused-ring (bicyclic) bond motifs is 1. The SMILES string of the molecule is COCCn1c(SC(C(N)=O)c2ccccc2)nc2ccccc21. The number of ether oxygens (including phenoxy) is 1. The maximum atomic E-state index is 12.0. The van der Waals surface area contributed by atoms with Crippen molar-refractivity contribution in [2.45, 2.75) is 17.0 Å². The number of imidazole rings is 1. The number of carbonyl (C=O) groups is 1. The number of nitrogens with zero attached hydrogens (tertiary/aromatic N) is 2. The van der Waals surface area contributed by atoms with E-state index in [4.69, 9.17) is 10.5 Å². The molecule has 0 saturated carbocycles. The molecule has 5 nitrogen and oxygen atoms in total. The third-order valence-electron chi connectivity index (χ3n) is 3.72. The number of hydrogen-bond donors (Lipinski definition) is 1. The fourth-order valence-electron chi connectivity index (χ4n) is 2.57. The fourth-order valence-corrected chi connectivity index (χ4v) is 3.65. The van der Waals surface area contributed by atoms with Crippen molar-refractivity contribution in [2.75, 3.05) is 13.7 Å². The van der Waals surface area contributed by atoms with E-state index in [9.17, 15) is 4.79 Å². The molecule has 6 heteroatoms. The van der Waals surface area contributed by atoms with E-state index in [1.54, 1.807) is 7.11 Å². The fraction of sp³-hybridized carbons (Fsp3) is 0.222. The zero-order valence-corrected chi connectivity index (χ0v) is 14.2. The molecule has 2 N–H and O–H groups in total. The van der Waals surface area contributed by atoms with Gasteiger partial charge in [0.1, 0.15) is 5.25 Å². The lowest BCUT2D eigenvalue weighted by molar-refractivity contribution is -0.117. The van der Waals surface area contributed by atoms with Crippen LogP contribution in [0.1, 0.15) is 10.8 Å². The first-order chi connectivity index (χ1) is 11.7. The second kappa shape index (κ2) is 7.51. The first kappa shape index (κ1) is 16.5. The predicted octanol–water partition coefficient (Wildman–Crippen LogP) is 3.00. The summed E-state index contributed by atoms with van der Waals surface area (Å²) in [6.07, 6.45) is 0. The van der Waals surface area contributed by atoms with Gasteiger partial charge >= 0.3 is 0 Å². The second-order valence-electron chi connectivity index (χ2n) is 5.34. The van der Waals surface area contributed by atoms with Crippen molar-refractivity contribution in [3.8, 4) is 0 Å². The molecule has 0 saturated heterocycles. The summed E-state index contributed by atoms with van der Waals surface area (Å²) in [7, 11) is 1.67. The number of methoxy groups -OCH3 is 1. The molecule has 0 bridgehead atoms. The van der Waals surface area contributed by atoms with Gasteiger partial charge in [-0.3, -0.25) is 4.79 Å². The molecule has 124 valence electrons. The van der Waals surface area contributed by atoms with Crippen LogP contribution in [0.4, 0.5) is 0 Å². The van der Waals surface area contributed by atoms with E-state index in [1.807, 2.05) is 54.6 Å². The predicted molar refractivity (Wildman–Crippen MR) is 95.8 cm³/mol.